The Labute approximate surface area is 202 Å². The van der Waals surface area contributed by atoms with Crippen LogP contribution >= 0.6 is 22.9 Å². The van der Waals surface area contributed by atoms with Crippen molar-refractivity contribution < 1.29 is 14.3 Å². The Hall–Kier alpha value is -2.90. The molecule has 6 nitrogen and oxygen atoms in total. The first-order valence-corrected chi connectivity index (χ1v) is 12.2. The van der Waals surface area contributed by atoms with Gasteiger partial charge in [0.05, 0.1) is 0 Å². The summed E-state index contributed by atoms with van der Waals surface area (Å²) in [7, 11) is 0. The fourth-order valence-electron chi connectivity index (χ4n) is 3.83. The number of nitrogens with zero attached hydrogens (tertiary/aromatic N) is 1. The highest BCUT2D eigenvalue weighted by molar-refractivity contribution is 7.09. The van der Waals surface area contributed by atoms with E-state index in [1.54, 1.807) is 29.6 Å². The van der Waals surface area contributed by atoms with E-state index < -0.39 is 0 Å². The van der Waals surface area contributed by atoms with Crippen LogP contribution in [-0.4, -0.2) is 28.9 Å². The molecule has 33 heavy (non-hydrogen) atoms. The summed E-state index contributed by atoms with van der Waals surface area (Å²) in [5.41, 5.74) is 2.09. The number of hydrogen-bond donors (Lipinski definition) is 2. The topological polar surface area (TPSA) is 80.3 Å². The molecule has 172 valence electrons. The van der Waals surface area contributed by atoms with Gasteiger partial charge in [-0.2, -0.15) is 0 Å². The number of carbonyl (C=O) groups excluding carboxylic acids is 2. The number of rotatable bonds is 7. The second kappa shape index (κ2) is 10.8. The zero-order valence-corrected chi connectivity index (χ0v) is 19.9. The lowest BCUT2D eigenvalue weighted by Crippen LogP contribution is -2.53. The van der Waals surface area contributed by atoms with E-state index in [9.17, 15) is 9.59 Å². The lowest BCUT2D eigenvalue weighted by Gasteiger charge is -2.32. The number of thiazole rings is 1. The van der Waals surface area contributed by atoms with Gasteiger partial charge >= 0.3 is 0 Å². The summed E-state index contributed by atoms with van der Waals surface area (Å²) in [6, 6.07) is 14.3. The van der Waals surface area contributed by atoms with Gasteiger partial charge in [-0.05, 0) is 56.2 Å². The molecule has 2 atom stereocenters. The van der Waals surface area contributed by atoms with Crippen molar-refractivity contribution in [2.75, 3.05) is 0 Å². The van der Waals surface area contributed by atoms with Crippen molar-refractivity contribution in [1.29, 1.82) is 0 Å². The molecule has 0 bridgehead atoms. The fourth-order valence-corrected chi connectivity index (χ4v) is 4.64. The van der Waals surface area contributed by atoms with E-state index in [1.165, 1.54) is 16.9 Å². The number of aromatic nitrogens is 1. The van der Waals surface area contributed by atoms with Gasteiger partial charge in [0.1, 0.15) is 23.1 Å². The smallest absolute Gasteiger partial charge is 0.271 e. The van der Waals surface area contributed by atoms with Crippen LogP contribution in [0.25, 0.3) is 0 Å². The Morgan fingerprint density at radius 3 is 2.30 bits per heavy atom. The van der Waals surface area contributed by atoms with Crippen LogP contribution in [0.15, 0.2) is 53.9 Å². The zero-order chi connectivity index (χ0) is 23.2. The summed E-state index contributed by atoms with van der Waals surface area (Å²) in [5, 5.41) is 9.21. The molecule has 8 heteroatoms. The van der Waals surface area contributed by atoms with Crippen molar-refractivity contribution in [2.45, 2.75) is 51.3 Å². The molecule has 3 aromatic rings. The predicted molar refractivity (Wildman–Crippen MR) is 130 cm³/mol. The predicted octanol–water partition coefficient (Wildman–Crippen LogP) is 5.15. The number of amides is 2. The lowest BCUT2D eigenvalue weighted by molar-refractivity contribution is 0.0860. The molecule has 0 spiro atoms. The summed E-state index contributed by atoms with van der Waals surface area (Å²) >= 11 is 7.31. The first-order valence-electron chi connectivity index (χ1n) is 11.0. The van der Waals surface area contributed by atoms with Crippen LogP contribution in [0.2, 0.25) is 5.02 Å². The number of nitrogens with one attached hydrogen (secondary N) is 2. The average Bonchev–Trinajstić information content (AvgIpc) is 3.30. The first-order chi connectivity index (χ1) is 16.0. The summed E-state index contributed by atoms with van der Waals surface area (Å²) in [6.07, 6.45) is 3.64. The Kier molecular flexibility index (Phi) is 7.62. The van der Waals surface area contributed by atoms with E-state index in [2.05, 4.69) is 15.6 Å². The van der Waals surface area contributed by atoms with E-state index in [-0.39, 0.29) is 23.9 Å². The van der Waals surface area contributed by atoms with Crippen LogP contribution in [0.1, 0.15) is 57.1 Å². The number of halogens is 1. The molecule has 2 unspecified atom stereocenters. The summed E-state index contributed by atoms with van der Waals surface area (Å²) in [5.74, 6) is 0.371. The molecular formula is C25H26ClN3O3S. The maximum atomic E-state index is 12.8. The SMILES string of the molecule is Cc1ccc(OCc2nc(C(=O)NC3CCCCC3NC(=O)c3ccc(Cl)cc3)cs2)cc1. The summed E-state index contributed by atoms with van der Waals surface area (Å²) in [4.78, 5) is 29.9. The van der Waals surface area contributed by atoms with Crippen LogP contribution in [-0.2, 0) is 6.61 Å². The van der Waals surface area contributed by atoms with Crippen molar-refractivity contribution in [3.05, 3.63) is 80.8 Å². The van der Waals surface area contributed by atoms with Crippen molar-refractivity contribution in [2.24, 2.45) is 0 Å². The van der Waals surface area contributed by atoms with E-state index in [1.807, 2.05) is 31.2 Å². The highest BCUT2D eigenvalue weighted by Gasteiger charge is 2.29. The number of hydrogen-bond acceptors (Lipinski definition) is 5. The van der Waals surface area contributed by atoms with Crippen molar-refractivity contribution in [3.63, 3.8) is 0 Å². The van der Waals surface area contributed by atoms with Crippen molar-refractivity contribution >= 4 is 34.8 Å². The maximum absolute atomic E-state index is 12.8. The molecule has 1 aliphatic carbocycles. The molecule has 0 aliphatic heterocycles. The second-order valence-corrected chi connectivity index (χ2v) is 9.56. The van der Waals surface area contributed by atoms with Gasteiger partial charge in [-0.15, -0.1) is 11.3 Å². The quantitative estimate of drug-likeness (QED) is 0.486. The maximum Gasteiger partial charge on any atom is 0.271 e. The Morgan fingerprint density at radius 1 is 1.00 bits per heavy atom. The molecule has 1 heterocycles. The van der Waals surface area contributed by atoms with E-state index in [4.69, 9.17) is 16.3 Å². The largest absolute Gasteiger partial charge is 0.486 e. The monoisotopic (exact) mass is 483 g/mol. The Morgan fingerprint density at radius 2 is 1.64 bits per heavy atom. The van der Waals surface area contributed by atoms with Gasteiger partial charge in [0, 0.05) is 28.0 Å². The highest BCUT2D eigenvalue weighted by atomic mass is 35.5. The molecule has 0 radical (unpaired) electrons. The molecule has 0 saturated heterocycles. The van der Waals surface area contributed by atoms with Crippen LogP contribution in [0.4, 0.5) is 0 Å². The van der Waals surface area contributed by atoms with Gasteiger partial charge < -0.3 is 15.4 Å². The standard InChI is InChI=1S/C25H26ClN3O3S/c1-16-6-12-19(13-7-16)32-14-23-27-22(15-33-23)25(31)29-21-5-3-2-4-20(21)28-24(30)17-8-10-18(26)11-9-17/h6-13,15,20-21H,2-5,14H2,1H3,(H,28,30)(H,29,31). The normalized spacial score (nSPS) is 17.9. The minimum Gasteiger partial charge on any atom is -0.486 e. The van der Waals surface area contributed by atoms with E-state index >= 15 is 0 Å². The van der Waals surface area contributed by atoms with Crippen LogP contribution in [0.3, 0.4) is 0 Å². The van der Waals surface area contributed by atoms with Crippen LogP contribution in [0, 0.1) is 6.92 Å². The first kappa shape index (κ1) is 23.3. The number of ether oxygens (including phenoxy) is 1. The Balaban J connectivity index is 1.33. The molecular weight excluding hydrogens is 458 g/mol. The van der Waals surface area contributed by atoms with Crippen LogP contribution < -0.4 is 15.4 Å². The second-order valence-electron chi connectivity index (χ2n) is 8.18. The number of carbonyl (C=O) groups is 2. The van der Waals surface area contributed by atoms with Gasteiger partial charge in [-0.3, -0.25) is 9.59 Å². The lowest BCUT2D eigenvalue weighted by atomic mass is 9.90. The molecule has 2 N–H and O–H groups in total. The molecule has 2 amide bonds. The third-order valence-electron chi connectivity index (χ3n) is 5.67. The molecule has 1 aliphatic rings. The van der Waals surface area contributed by atoms with E-state index in [0.717, 1.165) is 36.4 Å². The summed E-state index contributed by atoms with van der Waals surface area (Å²) in [6.45, 7) is 2.33. The van der Waals surface area contributed by atoms with Gasteiger partial charge in [-0.25, -0.2) is 4.98 Å². The molecule has 1 aromatic heterocycles. The molecule has 4 rings (SSSR count). The molecule has 1 fully saturated rings. The molecule has 2 aromatic carbocycles. The summed E-state index contributed by atoms with van der Waals surface area (Å²) < 4.78 is 5.76. The minimum absolute atomic E-state index is 0.131. The fraction of sp³-hybridized carbons (Fsp3) is 0.320. The highest BCUT2D eigenvalue weighted by Crippen LogP contribution is 2.21. The van der Waals surface area contributed by atoms with Crippen LogP contribution in [0.5, 0.6) is 5.75 Å². The minimum atomic E-state index is -0.231. The van der Waals surface area contributed by atoms with Crippen molar-refractivity contribution in [3.8, 4) is 5.75 Å². The third-order valence-corrected chi connectivity index (χ3v) is 6.75. The number of aryl methyl sites for hydroxylation is 1. The van der Waals surface area contributed by atoms with Gasteiger partial charge in [0.2, 0.25) is 0 Å². The van der Waals surface area contributed by atoms with Gasteiger partial charge in [0.25, 0.3) is 11.8 Å². The number of benzene rings is 2. The van der Waals surface area contributed by atoms with Gasteiger partial charge in [0.15, 0.2) is 0 Å². The Bertz CT molecular complexity index is 1100. The van der Waals surface area contributed by atoms with E-state index in [0.29, 0.717) is 22.9 Å². The zero-order valence-electron chi connectivity index (χ0n) is 18.3. The average molecular weight is 484 g/mol. The van der Waals surface area contributed by atoms with Crippen molar-refractivity contribution in [1.82, 2.24) is 15.6 Å². The van der Waals surface area contributed by atoms with Gasteiger partial charge in [-0.1, -0.05) is 42.1 Å². The molecule has 1 saturated carbocycles. The third kappa shape index (κ3) is 6.33.